The minimum absolute atomic E-state index is 0. The highest BCUT2D eigenvalue weighted by molar-refractivity contribution is 5.85. The van der Waals surface area contributed by atoms with E-state index < -0.39 is 0 Å². The van der Waals surface area contributed by atoms with E-state index >= 15 is 0 Å². The van der Waals surface area contributed by atoms with E-state index in [1.54, 1.807) is 0 Å². The van der Waals surface area contributed by atoms with Gasteiger partial charge in [-0.05, 0) is 23.5 Å². The molecule has 0 saturated heterocycles. The summed E-state index contributed by atoms with van der Waals surface area (Å²) in [6.45, 7) is 7.50. The van der Waals surface area contributed by atoms with Crippen molar-refractivity contribution in [3.8, 4) is 0 Å². The number of rotatable bonds is 3. The van der Waals surface area contributed by atoms with E-state index in [2.05, 4.69) is 43.0 Å². The Hall–Kier alpha value is -0.570. The number of nitrogens with zero attached hydrogens (tertiary/aromatic N) is 1. The molecule has 1 aliphatic rings. The van der Waals surface area contributed by atoms with Crippen LogP contribution in [-0.4, -0.2) is 24.0 Å². The summed E-state index contributed by atoms with van der Waals surface area (Å²) in [5.41, 5.74) is 8.87. The average Bonchev–Trinajstić information content (AvgIpc) is 2.29. The number of hydrogen-bond donors (Lipinski definition) is 1. The number of fused-ring (bicyclic) bond motifs is 1. The molecule has 1 unspecified atom stereocenters. The van der Waals surface area contributed by atoms with Gasteiger partial charge >= 0.3 is 0 Å². The molecule has 2 nitrogen and oxygen atoms in total. The van der Waals surface area contributed by atoms with Crippen molar-refractivity contribution in [3.05, 3.63) is 35.4 Å². The van der Waals surface area contributed by atoms with Crippen LogP contribution in [0, 0.1) is 5.92 Å². The van der Waals surface area contributed by atoms with Crippen molar-refractivity contribution in [1.29, 1.82) is 0 Å². The molecule has 1 aromatic rings. The van der Waals surface area contributed by atoms with Crippen molar-refractivity contribution in [1.82, 2.24) is 4.90 Å². The minimum atomic E-state index is 0. The van der Waals surface area contributed by atoms with E-state index in [-0.39, 0.29) is 12.4 Å². The summed E-state index contributed by atoms with van der Waals surface area (Å²) in [6, 6.07) is 9.29. The highest BCUT2D eigenvalue weighted by Crippen LogP contribution is 2.22. The highest BCUT2D eigenvalue weighted by atomic mass is 35.5. The van der Waals surface area contributed by atoms with Crippen molar-refractivity contribution in [2.75, 3.05) is 13.1 Å². The summed E-state index contributed by atoms with van der Waals surface area (Å²) < 4.78 is 0. The summed E-state index contributed by atoms with van der Waals surface area (Å²) >= 11 is 0. The molecule has 1 aliphatic heterocycles. The third-order valence-electron chi connectivity index (χ3n) is 3.64. The molecule has 0 saturated carbocycles. The lowest BCUT2D eigenvalue weighted by molar-refractivity contribution is 0.144. The molecule has 17 heavy (non-hydrogen) atoms. The molecule has 96 valence electrons. The molecule has 0 radical (unpaired) electrons. The Morgan fingerprint density at radius 2 is 1.88 bits per heavy atom. The van der Waals surface area contributed by atoms with E-state index in [1.165, 1.54) is 17.5 Å². The fourth-order valence-corrected chi connectivity index (χ4v) is 2.64. The number of benzene rings is 1. The van der Waals surface area contributed by atoms with Crippen LogP contribution in [0.4, 0.5) is 0 Å². The first-order chi connectivity index (χ1) is 7.72. The molecule has 1 heterocycles. The Kier molecular flexibility index (Phi) is 5.44. The maximum atomic E-state index is 5.88. The number of halogens is 1. The van der Waals surface area contributed by atoms with Crippen LogP contribution in [0.1, 0.15) is 25.0 Å². The maximum Gasteiger partial charge on any atom is 0.0245 e. The Balaban J connectivity index is 0.00000144. The zero-order chi connectivity index (χ0) is 11.5. The standard InChI is InChI=1S/C14H22N2.ClH/c1-11(2)14(9-15)16-8-7-12-5-3-4-6-13(12)10-16;/h3-6,11,14H,7-10,15H2,1-2H3;1H. The average molecular weight is 255 g/mol. The van der Waals surface area contributed by atoms with E-state index in [4.69, 9.17) is 5.73 Å². The van der Waals surface area contributed by atoms with Gasteiger partial charge in [0.1, 0.15) is 0 Å². The van der Waals surface area contributed by atoms with E-state index in [0.29, 0.717) is 12.0 Å². The molecule has 1 aromatic carbocycles. The van der Waals surface area contributed by atoms with Gasteiger partial charge in [0.25, 0.3) is 0 Å². The van der Waals surface area contributed by atoms with Crippen molar-refractivity contribution >= 4 is 12.4 Å². The Labute approximate surface area is 111 Å². The zero-order valence-corrected chi connectivity index (χ0v) is 11.5. The van der Waals surface area contributed by atoms with Crippen molar-refractivity contribution in [3.63, 3.8) is 0 Å². The van der Waals surface area contributed by atoms with Crippen LogP contribution in [0.25, 0.3) is 0 Å². The molecule has 0 spiro atoms. The van der Waals surface area contributed by atoms with Crippen LogP contribution in [0.5, 0.6) is 0 Å². The van der Waals surface area contributed by atoms with Crippen LogP contribution in [0.3, 0.4) is 0 Å². The van der Waals surface area contributed by atoms with Gasteiger partial charge < -0.3 is 5.73 Å². The van der Waals surface area contributed by atoms with E-state index in [1.807, 2.05) is 0 Å². The smallest absolute Gasteiger partial charge is 0.0245 e. The van der Waals surface area contributed by atoms with Gasteiger partial charge in [-0.1, -0.05) is 38.1 Å². The molecule has 0 bridgehead atoms. The molecular formula is C14H23ClN2. The van der Waals surface area contributed by atoms with Gasteiger partial charge in [-0.25, -0.2) is 0 Å². The number of nitrogens with two attached hydrogens (primary N) is 1. The normalized spacial score (nSPS) is 17.4. The molecule has 3 heteroatoms. The largest absolute Gasteiger partial charge is 0.329 e. The molecule has 0 aliphatic carbocycles. The van der Waals surface area contributed by atoms with Crippen LogP contribution >= 0.6 is 12.4 Å². The topological polar surface area (TPSA) is 29.3 Å². The van der Waals surface area contributed by atoms with Gasteiger partial charge in [0.15, 0.2) is 0 Å². The number of hydrogen-bond acceptors (Lipinski definition) is 2. The molecule has 0 amide bonds. The third-order valence-corrected chi connectivity index (χ3v) is 3.64. The van der Waals surface area contributed by atoms with Gasteiger partial charge in [-0.2, -0.15) is 0 Å². The minimum Gasteiger partial charge on any atom is -0.329 e. The van der Waals surface area contributed by atoms with Gasteiger partial charge in [-0.3, -0.25) is 4.90 Å². The highest BCUT2D eigenvalue weighted by Gasteiger charge is 2.24. The van der Waals surface area contributed by atoms with E-state index in [9.17, 15) is 0 Å². The summed E-state index contributed by atoms with van der Waals surface area (Å²) in [5.74, 6) is 0.635. The Morgan fingerprint density at radius 1 is 1.24 bits per heavy atom. The zero-order valence-electron chi connectivity index (χ0n) is 10.7. The molecule has 2 rings (SSSR count). The summed E-state index contributed by atoms with van der Waals surface area (Å²) in [6.07, 6.45) is 1.17. The van der Waals surface area contributed by atoms with Crippen LogP contribution < -0.4 is 5.73 Å². The van der Waals surface area contributed by atoms with Crippen molar-refractivity contribution in [2.24, 2.45) is 11.7 Å². The maximum absolute atomic E-state index is 5.88. The second-order valence-electron chi connectivity index (χ2n) is 5.04. The van der Waals surface area contributed by atoms with Crippen molar-refractivity contribution < 1.29 is 0 Å². The molecular weight excluding hydrogens is 232 g/mol. The molecule has 0 fully saturated rings. The van der Waals surface area contributed by atoms with E-state index in [0.717, 1.165) is 19.6 Å². The second-order valence-corrected chi connectivity index (χ2v) is 5.04. The lowest BCUT2D eigenvalue weighted by atomic mass is 9.95. The lowest BCUT2D eigenvalue weighted by Gasteiger charge is -2.37. The first-order valence-corrected chi connectivity index (χ1v) is 6.23. The monoisotopic (exact) mass is 254 g/mol. The first kappa shape index (κ1) is 14.5. The quantitative estimate of drug-likeness (QED) is 0.898. The van der Waals surface area contributed by atoms with Gasteiger partial charge in [0.2, 0.25) is 0 Å². The fraction of sp³-hybridized carbons (Fsp3) is 0.571. The third kappa shape index (κ3) is 3.21. The Bertz CT molecular complexity index is 352. The molecule has 1 atom stereocenters. The van der Waals surface area contributed by atoms with Crippen LogP contribution in [-0.2, 0) is 13.0 Å². The fourth-order valence-electron chi connectivity index (χ4n) is 2.64. The van der Waals surface area contributed by atoms with Crippen molar-refractivity contribution in [2.45, 2.75) is 32.9 Å². The molecule has 0 aromatic heterocycles. The SMILES string of the molecule is CC(C)C(CN)N1CCc2ccccc2C1.Cl. The first-order valence-electron chi connectivity index (χ1n) is 6.23. The Morgan fingerprint density at radius 3 is 2.47 bits per heavy atom. The summed E-state index contributed by atoms with van der Waals surface area (Å²) in [7, 11) is 0. The predicted molar refractivity (Wildman–Crippen MR) is 75.5 cm³/mol. The van der Waals surface area contributed by atoms with Gasteiger partial charge in [0, 0.05) is 25.7 Å². The summed E-state index contributed by atoms with van der Waals surface area (Å²) in [4.78, 5) is 2.53. The van der Waals surface area contributed by atoms with Crippen LogP contribution in [0.2, 0.25) is 0 Å². The predicted octanol–water partition coefficient (Wildman–Crippen LogP) is 2.45. The molecule has 2 N–H and O–H groups in total. The second kappa shape index (κ2) is 6.39. The lowest BCUT2D eigenvalue weighted by Crippen LogP contribution is -2.46. The van der Waals surface area contributed by atoms with Gasteiger partial charge in [-0.15, -0.1) is 12.4 Å². The van der Waals surface area contributed by atoms with Gasteiger partial charge in [0.05, 0.1) is 0 Å². The summed E-state index contributed by atoms with van der Waals surface area (Å²) in [5, 5.41) is 0. The van der Waals surface area contributed by atoms with Crippen LogP contribution in [0.15, 0.2) is 24.3 Å².